The average Bonchev–Trinajstić information content (AvgIpc) is 3.66. The van der Waals surface area contributed by atoms with E-state index in [-0.39, 0.29) is 23.8 Å². The lowest BCUT2D eigenvalue weighted by Gasteiger charge is -2.32. The number of carbonyl (C=O) groups excluding carboxylic acids is 2. The van der Waals surface area contributed by atoms with Crippen LogP contribution in [0.25, 0.3) is 22.2 Å². The number of likely N-dealkylation sites (tertiary alicyclic amines) is 2. The first-order valence-corrected chi connectivity index (χ1v) is 14.8. The molecule has 0 unspecified atom stereocenters. The number of anilines is 1. The maximum Gasteiger partial charge on any atom is 0.246 e. The lowest BCUT2D eigenvalue weighted by atomic mass is 9.95. The summed E-state index contributed by atoms with van der Waals surface area (Å²) in [5.41, 5.74) is 2.62. The van der Waals surface area contributed by atoms with Crippen LogP contribution < -0.4 is 5.32 Å². The number of H-pyrrole nitrogens is 1. The van der Waals surface area contributed by atoms with Gasteiger partial charge in [0.15, 0.2) is 0 Å². The fourth-order valence-corrected chi connectivity index (χ4v) is 6.14. The predicted octanol–water partition coefficient (Wildman–Crippen LogP) is 3.42. The first kappa shape index (κ1) is 27.7. The molecule has 41 heavy (non-hydrogen) atoms. The van der Waals surface area contributed by atoms with Crippen LogP contribution in [0.3, 0.4) is 0 Å². The minimum Gasteiger partial charge on any atom is -0.379 e. The predicted molar refractivity (Wildman–Crippen MR) is 159 cm³/mol. The van der Waals surface area contributed by atoms with Gasteiger partial charge in [0, 0.05) is 86.5 Å². The first-order chi connectivity index (χ1) is 20.0. The molecule has 3 aliphatic heterocycles. The number of nitrogens with one attached hydrogen (secondary N) is 2. The zero-order valence-corrected chi connectivity index (χ0v) is 23.9. The number of aromatic nitrogens is 3. The topological polar surface area (TPSA) is 107 Å². The van der Waals surface area contributed by atoms with Crippen LogP contribution in [0, 0.1) is 5.92 Å². The van der Waals surface area contributed by atoms with E-state index in [4.69, 9.17) is 21.3 Å². The van der Waals surface area contributed by atoms with E-state index in [1.54, 1.807) is 12.3 Å². The van der Waals surface area contributed by atoms with Crippen molar-refractivity contribution in [1.82, 2.24) is 29.7 Å². The monoisotopic (exact) mass is 577 g/mol. The largest absolute Gasteiger partial charge is 0.379 e. The summed E-state index contributed by atoms with van der Waals surface area (Å²) in [5.74, 6) is 0.670. The van der Waals surface area contributed by atoms with Gasteiger partial charge in [-0.2, -0.15) is 0 Å². The number of aromatic amines is 1. The minimum atomic E-state index is -0.0459. The molecule has 0 saturated carbocycles. The summed E-state index contributed by atoms with van der Waals surface area (Å²) in [4.78, 5) is 44.4. The van der Waals surface area contributed by atoms with E-state index in [9.17, 15) is 9.59 Å². The van der Waals surface area contributed by atoms with Crippen LogP contribution in [-0.2, 0) is 14.3 Å². The van der Waals surface area contributed by atoms with Gasteiger partial charge in [-0.25, -0.2) is 9.97 Å². The molecule has 10 nitrogen and oxygen atoms in total. The van der Waals surface area contributed by atoms with Gasteiger partial charge in [0.2, 0.25) is 17.8 Å². The van der Waals surface area contributed by atoms with Gasteiger partial charge in [-0.15, -0.1) is 0 Å². The molecule has 11 heteroatoms. The van der Waals surface area contributed by atoms with Gasteiger partial charge in [-0.3, -0.25) is 14.5 Å². The molecule has 216 valence electrons. The average molecular weight is 578 g/mol. The lowest BCUT2D eigenvalue weighted by Crippen LogP contribution is -2.44. The van der Waals surface area contributed by atoms with E-state index < -0.39 is 0 Å². The van der Waals surface area contributed by atoms with Crippen molar-refractivity contribution in [1.29, 1.82) is 0 Å². The number of carbonyl (C=O) groups is 2. The van der Waals surface area contributed by atoms with Crippen molar-refractivity contribution in [3.8, 4) is 11.3 Å². The second kappa shape index (κ2) is 12.6. The second-order valence-corrected chi connectivity index (χ2v) is 11.4. The number of benzene rings is 1. The lowest BCUT2D eigenvalue weighted by molar-refractivity contribution is -0.138. The Morgan fingerprint density at radius 2 is 1.85 bits per heavy atom. The minimum absolute atomic E-state index is 0.0320. The molecule has 3 saturated heterocycles. The summed E-state index contributed by atoms with van der Waals surface area (Å²) in [6, 6.07) is 8.10. The van der Waals surface area contributed by atoms with Gasteiger partial charge in [0.25, 0.3) is 0 Å². The van der Waals surface area contributed by atoms with E-state index in [1.807, 2.05) is 46.3 Å². The molecule has 5 heterocycles. The number of hydrogen-bond donors (Lipinski definition) is 2. The van der Waals surface area contributed by atoms with Gasteiger partial charge >= 0.3 is 0 Å². The third-order valence-corrected chi connectivity index (χ3v) is 8.58. The maximum absolute atomic E-state index is 13.3. The van der Waals surface area contributed by atoms with Gasteiger partial charge < -0.3 is 24.8 Å². The van der Waals surface area contributed by atoms with Crippen molar-refractivity contribution in [2.24, 2.45) is 5.92 Å². The van der Waals surface area contributed by atoms with E-state index in [2.05, 4.69) is 20.2 Å². The third-order valence-electron chi connectivity index (χ3n) is 8.31. The quantitative estimate of drug-likeness (QED) is 0.414. The van der Waals surface area contributed by atoms with E-state index in [0.717, 1.165) is 55.7 Å². The second-order valence-electron chi connectivity index (χ2n) is 11.0. The van der Waals surface area contributed by atoms with Crippen molar-refractivity contribution >= 4 is 40.3 Å². The van der Waals surface area contributed by atoms with E-state index in [1.165, 1.54) is 0 Å². The summed E-state index contributed by atoms with van der Waals surface area (Å²) in [5, 5.41) is 4.95. The highest BCUT2D eigenvalue weighted by Gasteiger charge is 2.34. The molecule has 2 amide bonds. The van der Waals surface area contributed by atoms with Crippen LogP contribution in [0.5, 0.6) is 0 Å². The maximum atomic E-state index is 13.3. The highest BCUT2D eigenvalue weighted by molar-refractivity contribution is 6.33. The summed E-state index contributed by atoms with van der Waals surface area (Å²) in [7, 11) is 0. The molecule has 2 N–H and O–H groups in total. The first-order valence-electron chi connectivity index (χ1n) is 14.4. The Balaban J connectivity index is 0.992. The normalized spacial score (nSPS) is 20.8. The summed E-state index contributed by atoms with van der Waals surface area (Å²) in [6.07, 6.45) is 9.38. The van der Waals surface area contributed by atoms with Crippen molar-refractivity contribution in [3.05, 3.63) is 53.8 Å². The van der Waals surface area contributed by atoms with Crippen molar-refractivity contribution in [2.75, 3.05) is 64.3 Å². The zero-order valence-electron chi connectivity index (χ0n) is 23.1. The molecule has 0 radical (unpaired) electrons. The van der Waals surface area contributed by atoms with E-state index in [0.29, 0.717) is 55.7 Å². The Bertz CT molecular complexity index is 1410. The number of rotatable bonds is 7. The Kier molecular flexibility index (Phi) is 8.50. The zero-order chi connectivity index (χ0) is 28.2. The van der Waals surface area contributed by atoms with Crippen LogP contribution in [0.15, 0.2) is 48.8 Å². The van der Waals surface area contributed by atoms with Crippen LogP contribution in [0.2, 0.25) is 5.02 Å². The Labute approximate surface area is 244 Å². The smallest absolute Gasteiger partial charge is 0.246 e. The molecule has 0 spiro atoms. The number of morpholine rings is 1. The number of halogens is 1. The Morgan fingerprint density at radius 1 is 1.07 bits per heavy atom. The van der Waals surface area contributed by atoms with Crippen LogP contribution in [0.4, 0.5) is 5.95 Å². The number of nitrogens with zero attached hydrogens (tertiary/aromatic N) is 5. The van der Waals surface area contributed by atoms with Gasteiger partial charge in [-0.05, 0) is 25.3 Å². The number of piperidine rings is 1. The highest BCUT2D eigenvalue weighted by Crippen LogP contribution is 2.32. The number of para-hydroxylation sites is 1. The van der Waals surface area contributed by atoms with Crippen molar-refractivity contribution in [3.63, 3.8) is 0 Å². The summed E-state index contributed by atoms with van der Waals surface area (Å²) in [6.45, 7) is 6.59. The SMILES string of the molecule is O=C(C=CCN1CCOCC1)N1CCC(C(=O)N2CC[C@H](Nc3ncc(Cl)c(-c4c[nH]c5ccccc45)n3)C2)CC1. The molecule has 1 atom stereocenters. The fraction of sp³-hybridized carbons (Fsp3) is 0.467. The Hall–Kier alpha value is -3.47. The summed E-state index contributed by atoms with van der Waals surface area (Å²) >= 11 is 6.49. The van der Waals surface area contributed by atoms with Gasteiger partial charge in [0.1, 0.15) is 0 Å². The molecule has 0 aliphatic carbocycles. The summed E-state index contributed by atoms with van der Waals surface area (Å²) < 4.78 is 5.37. The molecule has 6 rings (SSSR count). The fourth-order valence-electron chi connectivity index (χ4n) is 5.95. The highest BCUT2D eigenvalue weighted by atomic mass is 35.5. The van der Waals surface area contributed by atoms with Gasteiger partial charge in [0.05, 0.1) is 30.1 Å². The molecule has 3 fully saturated rings. The van der Waals surface area contributed by atoms with Gasteiger partial charge in [-0.1, -0.05) is 35.9 Å². The van der Waals surface area contributed by atoms with E-state index >= 15 is 0 Å². The van der Waals surface area contributed by atoms with Crippen LogP contribution in [0.1, 0.15) is 19.3 Å². The molecular weight excluding hydrogens is 542 g/mol. The molecular formula is C30H36ClN7O3. The van der Waals surface area contributed by atoms with Crippen molar-refractivity contribution in [2.45, 2.75) is 25.3 Å². The standard InChI is InChI=1S/C30H36ClN7O3/c31-25-19-33-30(35-28(25)24-18-32-26-5-2-1-4-23(24)26)34-22-9-13-38(20-22)29(40)21-7-11-37(12-8-21)27(39)6-3-10-36-14-16-41-17-15-36/h1-6,18-19,21-22,32H,7-17,20H2,(H,33,34,35)/t22-/m0/s1. The molecule has 2 aromatic heterocycles. The molecule has 3 aliphatic rings. The third kappa shape index (κ3) is 6.39. The Morgan fingerprint density at radius 3 is 2.68 bits per heavy atom. The number of hydrogen-bond acceptors (Lipinski definition) is 7. The number of fused-ring (bicyclic) bond motifs is 1. The molecule has 3 aromatic rings. The number of ether oxygens (including phenoxy) is 1. The molecule has 1 aromatic carbocycles. The number of amides is 2. The van der Waals surface area contributed by atoms with Crippen molar-refractivity contribution < 1.29 is 14.3 Å². The van der Waals surface area contributed by atoms with Crippen LogP contribution in [-0.4, -0.2) is 107 Å². The van der Waals surface area contributed by atoms with Crippen LogP contribution >= 0.6 is 11.6 Å². The molecule has 0 bridgehead atoms.